The average molecular weight is 604 g/mol. The first-order valence-corrected chi connectivity index (χ1v) is 12.6. The lowest BCUT2D eigenvalue weighted by Gasteiger charge is -2.38. The van der Waals surface area contributed by atoms with Crippen LogP contribution in [0.1, 0.15) is 19.4 Å². The minimum Gasteiger partial charge on any atom is -0.311 e. The number of hydroxylamine groups is 2. The molecule has 7 nitrogen and oxygen atoms in total. The normalized spacial score (nSPS) is 16.7. The number of hydrogen-bond acceptors (Lipinski definition) is 3. The van der Waals surface area contributed by atoms with Gasteiger partial charge in [0.2, 0.25) is 0 Å². The molecule has 3 aromatic rings. The molecule has 1 atom stereocenters. The number of nitrogens with one attached hydrogen (secondary N) is 1. The van der Waals surface area contributed by atoms with E-state index in [0.717, 1.165) is 21.9 Å². The Labute approximate surface area is 237 Å². The summed E-state index contributed by atoms with van der Waals surface area (Å²) in [5.41, 5.74) is -1.34. The Bertz CT molecular complexity index is 1410. The van der Waals surface area contributed by atoms with Crippen molar-refractivity contribution < 1.29 is 23.6 Å². The zero-order valence-corrected chi connectivity index (χ0v) is 22.9. The van der Waals surface area contributed by atoms with Gasteiger partial charge in [-0.15, -0.1) is 0 Å². The molecule has 0 aliphatic carbocycles. The minimum absolute atomic E-state index is 0.108. The number of nitrogens with zero attached hydrogens (tertiary/aromatic N) is 3. The highest BCUT2D eigenvalue weighted by atomic mass is 35.5. The highest BCUT2D eigenvalue weighted by Gasteiger charge is 2.56. The van der Waals surface area contributed by atoms with Gasteiger partial charge in [0.1, 0.15) is 11.6 Å². The topological polar surface area (TPSA) is 76.1 Å². The number of urea groups is 2. The van der Waals surface area contributed by atoms with Crippen LogP contribution in [0.4, 0.5) is 29.7 Å². The van der Waals surface area contributed by atoms with Crippen LogP contribution in [0, 0.1) is 11.6 Å². The molecule has 4 rings (SSSR count). The molecule has 0 unspecified atom stereocenters. The Morgan fingerprint density at radius 1 is 0.974 bits per heavy atom. The Morgan fingerprint density at radius 3 is 2.13 bits per heavy atom. The van der Waals surface area contributed by atoms with Crippen LogP contribution in [0.15, 0.2) is 54.6 Å². The van der Waals surface area contributed by atoms with Crippen molar-refractivity contribution in [2.45, 2.75) is 32.1 Å². The number of benzene rings is 3. The van der Waals surface area contributed by atoms with Crippen molar-refractivity contribution in [2.24, 2.45) is 0 Å². The van der Waals surface area contributed by atoms with E-state index in [2.05, 4.69) is 5.32 Å². The molecule has 38 heavy (non-hydrogen) atoms. The maximum atomic E-state index is 14.5. The number of halogens is 6. The lowest BCUT2D eigenvalue weighted by molar-refractivity contribution is -0.0955. The SMILES string of the molecule is CC1(C)[C@@H](N(O)C(=O)Nc2ccc(Cl)c(Cl)c2)N(c2ccc(Cl)c(Cl)c2)C(=O)N1Cc1c(F)cccc1F. The van der Waals surface area contributed by atoms with Crippen molar-refractivity contribution in [3.8, 4) is 0 Å². The van der Waals surface area contributed by atoms with Gasteiger partial charge in [-0.1, -0.05) is 52.5 Å². The Kier molecular flexibility index (Phi) is 7.97. The molecule has 1 fully saturated rings. The number of rotatable bonds is 5. The summed E-state index contributed by atoms with van der Waals surface area (Å²) in [6, 6.07) is 10.2. The van der Waals surface area contributed by atoms with Crippen molar-refractivity contribution in [2.75, 3.05) is 10.2 Å². The molecule has 200 valence electrons. The van der Waals surface area contributed by atoms with Crippen molar-refractivity contribution in [3.05, 3.63) is 91.9 Å². The lowest BCUT2D eigenvalue weighted by atomic mass is 9.99. The third-order valence-electron chi connectivity index (χ3n) is 6.18. The van der Waals surface area contributed by atoms with Gasteiger partial charge in [-0.3, -0.25) is 10.1 Å². The highest BCUT2D eigenvalue weighted by Crippen LogP contribution is 2.41. The summed E-state index contributed by atoms with van der Waals surface area (Å²) in [6.45, 7) is 2.60. The van der Waals surface area contributed by atoms with Crippen molar-refractivity contribution in [3.63, 3.8) is 0 Å². The molecule has 0 aromatic heterocycles. The molecule has 1 heterocycles. The lowest BCUT2D eigenvalue weighted by Crippen LogP contribution is -2.58. The number of hydrogen-bond donors (Lipinski definition) is 2. The molecule has 0 bridgehead atoms. The van der Waals surface area contributed by atoms with E-state index in [4.69, 9.17) is 46.4 Å². The zero-order chi connectivity index (χ0) is 27.9. The first-order chi connectivity index (χ1) is 17.8. The first-order valence-electron chi connectivity index (χ1n) is 11.1. The quantitative estimate of drug-likeness (QED) is 0.229. The van der Waals surface area contributed by atoms with E-state index in [9.17, 15) is 23.6 Å². The molecule has 1 saturated heterocycles. The maximum absolute atomic E-state index is 14.5. The van der Waals surface area contributed by atoms with Crippen molar-refractivity contribution >= 4 is 69.8 Å². The van der Waals surface area contributed by atoms with Crippen LogP contribution in [0.3, 0.4) is 0 Å². The molecule has 1 aliphatic heterocycles. The van der Waals surface area contributed by atoms with Gasteiger partial charge in [0.05, 0.1) is 32.2 Å². The van der Waals surface area contributed by atoms with Crippen LogP contribution >= 0.6 is 46.4 Å². The van der Waals surface area contributed by atoms with Crippen LogP contribution in [0.5, 0.6) is 0 Å². The molecule has 13 heteroatoms. The fourth-order valence-corrected chi connectivity index (χ4v) is 4.80. The fraction of sp³-hybridized carbons (Fsp3) is 0.200. The summed E-state index contributed by atoms with van der Waals surface area (Å²) >= 11 is 24.2. The second kappa shape index (κ2) is 10.7. The van der Waals surface area contributed by atoms with Crippen LogP contribution in [-0.2, 0) is 6.54 Å². The van der Waals surface area contributed by atoms with Gasteiger partial charge in [-0.05, 0) is 62.4 Å². The van der Waals surface area contributed by atoms with Crippen LogP contribution in [0.25, 0.3) is 0 Å². The van der Waals surface area contributed by atoms with E-state index in [0.29, 0.717) is 5.06 Å². The molecule has 0 saturated carbocycles. The Hall–Kier alpha value is -2.82. The average Bonchev–Trinajstić information content (AvgIpc) is 3.04. The Balaban J connectivity index is 1.75. The smallest absolute Gasteiger partial charge is 0.311 e. The van der Waals surface area contributed by atoms with Crippen LogP contribution in [-0.4, -0.2) is 38.9 Å². The summed E-state index contributed by atoms with van der Waals surface area (Å²) in [5, 5.41) is 14.7. The molecular weight excluding hydrogens is 584 g/mol. The first kappa shape index (κ1) is 28.2. The second-order valence-corrected chi connectivity index (χ2v) is 10.6. The standard InChI is InChI=1S/C25H20Cl4F2N4O3/c1-25(2)22(35(38)23(36)32-13-6-8-16(26)18(28)10-13)34(14-7-9-17(27)19(29)11-14)24(37)33(25)12-15-20(30)4-3-5-21(15)31/h3-11,22,38H,12H2,1-2H3,(H,32,36)/t22-/m1/s1. The van der Waals surface area contributed by atoms with E-state index in [1.807, 2.05) is 0 Å². The molecule has 0 spiro atoms. The van der Waals surface area contributed by atoms with E-state index < -0.39 is 41.9 Å². The van der Waals surface area contributed by atoms with Crippen molar-refractivity contribution in [1.29, 1.82) is 0 Å². The monoisotopic (exact) mass is 602 g/mol. The summed E-state index contributed by atoms with van der Waals surface area (Å²) in [7, 11) is 0. The largest absolute Gasteiger partial charge is 0.347 e. The van der Waals surface area contributed by atoms with Gasteiger partial charge >= 0.3 is 12.1 Å². The van der Waals surface area contributed by atoms with E-state index in [1.54, 1.807) is 13.8 Å². The zero-order valence-electron chi connectivity index (χ0n) is 19.9. The Morgan fingerprint density at radius 2 is 1.55 bits per heavy atom. The predicted molar refractivity (Wildman–Crippen MR) is 143 cm³/mol. The minimum atomic E-state index is -1.39. The molecule has 1 aliphatic rings. The number of carbonyl (C=O) groups is 2. The predicted octanol–water partition coefficient (Wildman–Crippen LogP) is 8.05. The number of carbonyl (C=O) groups excluding carboxylic acids is 2. The molecule has 4 amide bonds. The number of anilines is 2. The van der Waals surface area contributed by atoms with Gasteiger partial charge in [0, 0.05) is 16.9 Å². The van der Waals surface area contributed by atoms with Crippen molar-refractivity contribution in [1.82, 2.24) is 9.96 Å². The third kappa shape index (κ3) is 5.21. The second-order valence-electron chi connectivity index (χ2n) is 8.97. The van der Waals surface area contributed by atoms with Crippen LogP contribution < -0.4 is 10.2 Å². The van der Waals surface area contributed by atoms with Gasteiger partial charge in [0.25, 0.3) is 0 Å². The van der Waals surface area contributed by atoms with E-state index in [-0.39, 0.29) is 37.0 Å². The highest BCUT2D eigenvalue weighted by molar-refractivity contribution is 6.42. The fourth-order valence-electron chi connectivity index (χ4n) is 4.21. The maximum Gasteiger partial charge on any atom is 0.347 e. The molecule has 0 radical (unpaired) electrons. The van der Waals surface area contributed by atoms with E-state index in [1.165, 1.54) is 42.5 Å². The van der Waals surface area contributed by atoms with Gasteiger partial charge in [0.15, 0.2) is 6.17 Å². The summed E-state index contributed by atoms with van der Waals surface area (Å²) in [6.07, 6.45) is -1.38. The summed E-state index contributed by atoms with van der Waals surface area (Å²) in [5.74, 6) is -1.70. The van der Waals surface area contributed by atoms with Gasteiger partial charge in [-0.2, -0.15) is 5.06 Å². The molecular formula is C25H20Cl4F2N4O3. The third-order valence-corrected chi connectivity index (χ3v) is 7.66. The molecule has 2 N–H and O–H groups in total. The van der Waals surface area contributed by atoms with Crippen LogP contribution in [0.2, 0.25) is 20.1 Å². The summed E-state index contributed by atoms with van der Waals surface area (Å²) in [4.78, 5) is 29.1. The molecule has 3 aromatic carbocycles. The van der Waals surface area contributed by atoms with Gasteiger partial charge < -0.3 is 10.2 Å². The van der Waals surface area contributed by atoms with Gasteiger partial charge in [-0.25, -0.2) is 18.4 Å². The number of amides is 4. The van der Waals surface area contributed by atoms with E-state index >= 15 is 0 Å². The summed E-state index contributed by atoms with van der Waals surface area (Å²) < 4.78 is 29.0.